The fraction of sp³-hybridized carbons (Fsp3) is 0.444. The number of hydrogen-bond acceptors (Lipinski definition) is 2. The van der Waals surface area contributed by atoms with Crippen LogP contribution in [0.25, 0.3) is 0 Å². The molecule has 2 rings (SSSR count). The van der Waals surface area contributed by atoms with Crippen molar-refractivity contribution in [3.8, 4) is 0 Å². The maximum atomic E-state index is 3.98. The first kappa shape index (κ1) is 18.3. The predicted octanol–water partition coefficient (Wildman–Crippen LogP) is 5.09. The number of hydrogen-bond donors (Lipinski definition) is 0. The Bertz CT molecular complexity index is 410. The van der Waals surface area contributed by atoms with Crippen molar-refractivity contribution in [3.63, 3.8) is 0 Å². The Balaban J connectivity index is 0.000000280. The van der Waals surface area contributed by atoms with E-state index in [1.807, 2.05) is 49.6 Å². The summed E-state index contributed by atoms with van der Waals surface area (Å²) in [4.78, 5) is 7.87. The van der Waals surface area contributed by atoms with Crippen LogP contribution in [-0.2, 0) is 6.42 Å². The highest BCUT2D eigenvalue weighted by atomic mass is 14.6. The van der Waals surface area contributed by atoms with Crippen LogP contribution in [0.15, 0.2) is 48.9 Å². The molecule has 0 atom stereocenters. The van der Waals surface area contributed by atoms with Crippen molar-refractivity contribution in [1.29, 1.82) is 0 Å². The number of aryl methyl sites for hydroxylation is 2. The lowest BCUT2D eigenvalue weighted by atomic mass is 10.2. The molecule has 0 bridgehead atoms. The van der Waals surface area contributed by atoms with E-state index in [4.69, 9.17) is 0 Å². The summed E-state index contributed by atoms with van der Waals surface area (Å²) in [7, 11) is 0. The molecule has 0 aliphatic heterocycles. The van der Waals surface area contributed by atoms with Gasteiger partial charge in [0.2, 0.25) is 0 Å². The van der Waals surface area contributed by atoms with Gasteiger partial charge in [-0.3, -0.25) is 9.97 Å². The zero-order valence-electron chi connectivity index (χ0n) is 13.5. The van der Waals surface area contributed by atoms with E-state index in [0.29, 0.717) is 0 Å². The minimum Gasteiger partial charge on any atom is -0.265 e. The van der Waals surface area contributed by atoms with Crippen LogP contribution in [-0.4, -0.2) is 9.97 Å². The molecular weight excluding hydrogens is 244 g/mol. The molecule has 0 radical (unpaired) electrons. The van der Waals surface area contributed by atoms with Crippen molar-refractivity contribution in [1.82, 2.24) is 9.97 Å². The lowest BCUT2D eigenvalue weighted by Gasteiger charge is -1.90. The minimum atomic E-state index is 0.884. The van der Waals surface area contributed by atoms with Crippen molar-refractivity contribution in [2.75, 3.05) is 0 Å². The third kappa shape index (κ3) is 11.4. The molecule has 0 aliphatic rings. The van der Waals surface area contributed by atoms with E-state index < -0.39 is 0 Å². The fourth-order valence-corrected chi connectivity index (χ4v) is 1.07. The summed E-state index contributed by atoms with van der Waals surface area (Å²) in [6, 6.07) is 9.91. The molecule has 0 aromatic carbocycles. The zero-order chi connectivity index (χ0) is 15.2. The molecule has 2 aromatic heterocycles. The molecule has 0 N–H and O–H groups in total. The summed E-state index contributed by atoms with van der Waals surface area (Å²) < 4.78 is 0. The van der Waals surface area contributed by atoms with Crippen LogP contribution in [0.2, 0.25) is 0 Å². The second-order valence-electron chi connectivity index (χ2n) is 4.98. The van der Waals surface area contributed by atoms with Crippen LogP contribution in [0, 0.1) is 12.8 Å². The second-order valence-corrected chi connectivity index (χ2v) is 4.98. The van der Waals surface area contributed by atoms with E-state index in [9.17, 15) is 0 Å². The predicted molar refractivity (Wildman–Crippen MR) is 87.7 cm³/mol. The van der Waals surface area contributed by atoms with E-state index in [-0.39, 0.29) is 0 Å². The Morgan fingerprint density at radius 3 is 1.80 bits per heavy atom. The summed E-state index contributed by atoms with van der Waals surface area (Å²) in [5.41, 5.74) is 2.42. The first-order valence-electron chi connectivity index (χ1n) is 7.36. The van der Waals surface area contributed by atoms with Crippen LogP contribution < -0.4 is 0 Å². The summed E-state index contributed by atoms with van der Waals surface area (Å²) in [6.45, 7) is 10.8. The largest absolute Gasteiger partial charge is 0.265 e. The third-order valence-corrected chi connectivity index (χ3v) is 2.79. The summed E-state index contributed by atoms with van der Waals surface area (Å²) in [6.07, 6.45) is 7.83. The standard InChI is InChI=1S/C7H9N.C6H7N.C5H12/c1-2-7-3-5-8-6-4-7;1-6-4-2-3-5-7-6;1-4-5(2)3/h3-6H,2H2,1H3;2-5H,1H3;5H,4H2,1-3H3. The molecule has 2 heterocycles. The van der Waals surface area contributed by atoms with E-state index in [0.717, 1.165) is 18.0 Å². The second kappa shape index (κ2) is 12.3. The van der Waals surface area contributed by atoms with Gasteiger partial charge in [0.1, 0.15) is 0 Å². The molecule has 0 unspecified atom stereocenters. The van der Waals surface area contributed by atoms with Gasteiger partial charge < -0.3 is 0 Å². The molecular formula is C18H28N2. The van der Waals surface area contributed by atoms with Gasteiger partial charge in [-0.05, 0) is 49.1 Å². The Hall–Kier alpha value is -1.70. The van der Waals surface area contributed by atoms with Gasteiger partial charge in [0.25, 0.3) is 0 Å². The highest BCUT2D eigenvalue weighted by molar-refractivity contribution is 5.08. The van der Waals surface area contributed by atoms with Crippen molar-refractivity contribution in [3.05, 3.63) is 60.2 Å². The van der Waals surface area contributed by atoms with Crippen molar-refractivity contribution in [2.24, 2.45) is 5.92 Å². The summed E-state index contributed by atoms with van der Waals surface area (Å²) in [5.74, 6) is 0.884. The zero-order valence-corrected chi connectivity index (χ0v) is 13.5. The van der Waals surface area contributed by atoms with Crippen LogP contribution in [0.5, 0.6) is 0 Å². The van der Waals surface area contributed by atoms with Gasteiger partial charge in [0.15, 0.2) is 0 Å². The van der Waals surface area contributed by atoms with Crippen molar-refractivity contribution in [2.45, 2.75) is 47.5 Å². The Morgan fingerprint density at radius 2 is 1.55 bits per heavy atom. The number of nitrogens with zero attached hydrogens (tertiary/aromatic N) is 2. The Morgan fingerprint density at radius 1 is 0.950 bits per heavy atom. The van der Waals surface area contributed by atoms with Gasteiger partial charge in [-0.25, -0.2) is 0 Å². The number of rotatable bonds is 2. The molecule has 0 saturated carbocycles. The normalized spacial score (nSPS) is 9.10. The first-order chi connectivity index (χ1) is 9.60. The highest BCUT2D eigenvalue weighted by Gasteiger charge is 1.81. The van der Waals surface area contributed by atoms with Gasteiger partial charge in [0, 0.05) is 24.3 Å². The van der Waals surface area contributed by atoms with Gasteiger partial charge in [-0.1, -0.05) is 40.2 Å². The maximum absolute atomic E-state index is 3.98. The molecule has 2 aromatic rings. The van der Waals surface area contributed by atoms with Crippen LogP contribution in [0.4, 0.5) is 0 Å². The summed E-state index contributed by atoms with van der Waals surface area (Å²) in [5, 5.41) is 0. The van der Waals surface area contributed by atoms with Gasteiger partial charge in [0.05, 0.1) is 0 Å². The molecule has 0 spiro atoms. The third-order valence-electron chi connectivity index (χ3n) is 2.79. The van der Waals surface area contributed by atoms with Gasteiger partial charge >= 0.3 is 0 Å². The lowest BCUT2D eigenvalue weighted by Crippen LogP contribution is -1.77. The number of aromatic nitrogens is 2. The van der Waals surface area contributed by atoms with E-state index in [2.05, 4.69) is 37.7 Å². The van der Waals surface area contributed by atoms with Crippen LogP contribution in [0.3, 0.4) is 0 Å². The lowest BCUT2D eigenvalue weighted by molar-refractivity contribution is 0.626. The summed E-state index contributed by atoms with van der Waals surface area (Å²) >= 11 is 0. The number of pyridine rings is 2. The van der Waals surface area contributed by atoms with E-state index in [1.54, 1.807) is 6.20 Å². The van der Waals surface area contributed by atoms with E-state index >= 15 is 0 Å². The SMILES string of the molecule is CCC(C)C.CCc1ccncc1.Cc1ccccn1. The molecule has 2 heteroatoms. The fourth-order valence-electron chi connectivity index (χ4n) is 1.07. The average Bonchev–Trinajstić information content (AvgIpc) is 2.50. The average molecular weight is 272 g/mol. The minimum absolute atomic E-state index is 0.884. The van der Waals surface area contributed by atoms with Gasteiger partial charge in [-0.15, -0.1) is 0 Å². The molecule has 0 amide bonds. The molecule has 0 aliphatic carbocycles. The maximum Gasteiger partial charge on any atom is 0.0372 e. The quantitative estimate of drug-likeness (QED) is 0.761. The topological polar surface area (TPSA) is 25.8 Å². The molecule has 0 saturated heterocycles. The van der Waals surface area contributed by atoms with E-state index in [1.165, 1.54) is 12.0 Å². The smallest absolute Gasteiger partial charge is 0.0372 e. The van der Waals surface area contributed by atoms with Crippen molar-refractivity contribution >= 4 is 0 Å². The Kier molecular flexibility index (Phi) is 11.3. The Labute approximate surface area is 124 Å². The molecule has 0 fully saturated rings. The highest BCUT2D eigenvalue weighted by Crippen LogP contribution is 1.94. The molecule has 20 heavy (non-hydrogen) atoms. The van der Waals surface area contributed by atoms with Crippen LogP contribution >= 0.6 is 0 Å². The molecule has 2 nitrogen and oxygen atoms in total. The monoisotopic (exact) mass is 272 g/mol. The first-order valence-corrected chi connectivity index (χ1v) is 7.36. The van der Waals surface area contributed by atoms with Crippen molar-refractivity contribution < 1.29 is 0 Å². The van der Waals surface area contributed by atoms with Crippen LogP contribution in [0.1, 0.15) is 45.4 Å². The molecule has 110 valence electrons. The van der Waals surface area contributed by atoms with Gasteiger partial charge in [-0.2, -0.15) is 0 Å².